The Morgan fingerprint density at radius 2 is 2.16 bits per heavy atom. The van der Waals surface area contributed by atoms with Crippen LogP contribution in [-0.4, -0.2) is 23.2 Å². The van der Waals surface area contributed by atoms with Crippen LogP contribution in [0.15, 0.2) is 33.9 Å². The second kappa shape index (κ2) is 5.30. The Morgan fingerprint density at radius 3 is 2.79 bits per heavy atom. The second-order valence-corrected chi connectivity index (χ2v) is 6.75. The molecular formula is C11H13BrN4O2S. The maximum absolute atomic E-state index is 12.3. The number of aromatic nitrogens is 3. The fraction of sp³-hybridized carbons (Fsp3) is 0.273. The molecule has 0 aliphatic carbocycles. The topological polar surface area (TPSA) is 90.9 Å². The van der Waals surface area contributed by atoms with Crippen molar-refractivity contribution in [1.82, 2.24) is 14.8 Å². The highest BCUT2D eigenvalue weighted by Crippen LogP contribution is 2.26. The molecule has 0 radical (unpaired) electrons. The zero-order valence-electron chi connectivity index (χ0n) is 10.2. The quantitative estimate of drug-likeness (QED) is 0.851. The van der Waals surface area contributed by atoms with E-state index in [1.165, 1.54) is 12.4 Å². The number of nitrogen functional groups attached to an aromatic ring is 1. The molecule has 0 saturated carbocycles. The average Bonchev–Trinajstić information content (AvgIpc) is 2.74. The van der Waals surface area contributed by atoms with Crippen molar-refractivity contribution in [1.29, 1.82) is 0 Å². The highest BCUT2D eigenvalue weighted by molar-refractivity contribution is 9.10. The Bertz CT molecular complexity index is 696. The first-order chi connectivity index (χ1) is 8.94. The number of halogens is 1. The van der Waals surface area contributed by atoms with Gasteiger partial charge in [-0.3, -0.25) is 0 Å². The van der Waals surface area contributed by atoms with Gasteiger partial charge in [-0.25, -0.2) is 18.1 Å². The van der Waals surface area contributed by atoms with Gasteiger partial charge in [0.2, 0.25) is 0 Å². The van der Waals surface area contributed by atoms with Gasteiger partial charge in [0.25, 0.3) is 0 Å². The van der Waals surface area contributed by atoms with Gasteiger partial charge in [0.1, 0.15) is 17.9 Å². The number of hydrogen-bond donors (Lipinski definition) is 1. The number of nitrogens with zero attached hydrogens (tertiary/aromatic N) is 3. The Balaban J connectivity index is 2.38. The third-order valence-electron chi connectivity index (χ3n) is 2.61. The Morgan fingerprint density at radius 1 is 1.42 bits per heavy atom. The molecular weight excluding hydrogens is 332 g/mol. The predicted molar refractivity (Wildman–Crippen MR) is 75.1 cm³/mol. The number of sulfone groups is 1. The lowest BCUT2D eigenvalue weighted by Crippen LogP contribution is -2.12. The van der Waals surface area contributed by atoms with Crippen LogP contribution in [0.1, 0.15) is 12.7 Å². The molecule has 1 aromatic carbocycles. The average molecular weight is 345 g/mol. The van der Waals surface area contributed by atoms with Gasteiger partial charge < -0.3 is 5.73 Å². The summed E-state index contributed by atoms with van der Waals surface area (Å²) < 4.78 is 26.7. The van der Waals surface area contributed by atoms with Crippen molar-refractivity contribution in [2.75, 3.05) is 5.73 Å². The largest absolute Gasteiger partial charge is 0.399 e. The highest BCUT2D eigenvalue weighted by Gasteiger charge is 2.21. The van der Waals surface area contributed by atoms with Gasteiger partial charge in [0.05, 0.1) is 4.90 Å². The molecule has 0 fully saturated rings. The molecule has 6 nitrogen and oxygen atoms in total. The molecule has 19 heavy (non-hydrogen) atoms. The monoisotopic (exact) mass is 344 g/mol. The maximum atomic E-state index is 12.3. The van der Waals surface area contributed by atoms with Crippen molar-refractivity contribution < 1.29 is 8.42 Å². The van der Waals surface area contributed by atoms with Crippen LogP contribution in [0.2, 0.25) is 0 Å². The van der Waals surface area contributed by atoms with Crippen LogP contribution in [-0.2, 0) is 22.1 Å². The molecule has 0 atom stereocenters. The molecule has 0 aliphatic heterocycles. The summed E-state index contributed by atoms with van der Waals surface area (Å²) >= 11 is 3.22. The van der Waals surface area contributed by atoms with Crippen LogP contribution in [0.3, 0.4) is 0 Å². The van der Waals surface area contributed by atoms with Crippen LogP contribution < -0.4 is 5.73 Å². The standard InChI is InChI=1S/C11H13BrN4O2S/c1-2-16-11(14-7-15-16)6-19(17,18)10-4-3-8(13)5-9(10)12/h3-5,7H,2,6,13H2,1H3. The molecule has 0 bridgehead atoms. The van der Waals surface area contributed by atoms with Gasteiger partial charge in [-0.2, -0.15) is 5.10 Å². The molecule has 8 heteroatoms. The first-order valence-corrected chi connectivity index (χ1v) is 8.03. The fourth-order valence-electron chi connectivity index (χ4n) is 1.68. The summed E-state index contributed by atoms with van der Waals surface area (Å²) in [5.74, 6) is 0.231. The molecule has 0 amide bonds. The Kier molecular flexibility index (Phi) is 3.91. The third kappa shape index (κ3) is 2.95. The lowest BCUT2D eigenvalue weighted by molar-refractivity contribution is 0.584. The van der Waals surface area contributed by atoms with E-state index in [9.17, 15) is 8.42 Å². The Hall–Kier alpha value is -1.41. The van der Waals surface area contributed by atoms with E-state index in [2.05, 4.69) is 26.0 Å². The minimum absolute atomic E-state index is 0.191. The molecule has 0 saturated heterocycles. The maximum Gasteiger partial charge on any atom is 0.186 e. The van der Waals surface area contributed by atoms with Gasteiger partial charge in [-0.1, -0.05) is 0 Å². The van der Waals surface area contributed by atoms with Gasteiger partial charge in [-0.15, -0.1) is 0 Å². The molecule has 1 aromatic heterocycles. The van der Waals surface area contributed by atoms with Gasteiger partial charge in [0, 0.05) is 16.7 Å². The molecule has 1 heterocycles. The summed E-state index contributed by atoms with van der Waals surface area (Å²) in [6, 6.07) is 4.61. The van der Waals surface area contributed by atoms with E-state index in [0.717, 1.165) is 0 Å². The van der Waals surface area contributed by atoms with E-state index in [-0.39, 0.29) is 10.6 Å². The summed E-state index contributed by atoms with van der Waals surface area (Å²) in [4.78, 5) is 4.18. The number of aryl methyl sites for hydroxylation is 1. The predicted octanol–water partition coefficient (Wildman–Crippen LogP) is 1.62. The van der Waals surface area contributed by atoms with Crippen LogP contribution >= 0.6 is 15.9 Å². The van der Waals surface area contributed by atoms with E-state index in [0.29, 0.717) is 22.5 Å². The summed E-state index contributed by atoms with van der Waals surface area (Å²) in [5.41, 5.74) is 6.10. The number of hydrogen-bond acceptors (Lipinski definition) is 5. The number of nitrogens with two attached hydrogens (primary N) is 1. The van der Waals surface area contributed by atoms with Gasteiger partial charge >= 0.3 is 0 Å². The minimum Gasteiger partial charge on any atom is -0.399 e. The molecule has 0 spiro atoms. The molecule has 102 valence electrons. The summed E-state index contributed by atoms with van der Waals surface area (Å²) in [6.07, 6.45) is 1.35. The summed E-state index contributed by atoms with van der Waals surface area (Å²) in [5, 5.41) is 3.96. The Labute approximate surface area is 119 Å². The van der Waals surface area contributed by atoms with Crippen molar-refractivity contribution in [3.05, 3.63) is 34.8 Å². The van der Waals surface area contributed by atoms with Gasteiger partial charge in [0.15, 0.2) is 9.84 Å². The smallest absolute Gasteiger partial charge is 0.186 e. The van der Waals surface area contributed by atoms with Crippen LogP contribution in [0.5, 0.6) is 0 Å². The van der Waals surface area contributed by atoms with Crippen molar-refractivity contribution in [3.8, 4) is 0 Å². The van der Waals surface area contributed by atoms with Crippen LogP contribution in [0, 0.1) is 0 Å². The number of anilines is 1. The van der Waals surface area contributed by atoms with Gasteiger partial charge in [-0.05, 0) is 41.1 Å². The second-order valence-electron chi connectivity index (χ2n) is 3.94. The SMILES string of the molecule is CCn1ncnc1CS(=O)(=O)c1ccc(N)cc1Br. The lowest BCUT2D eigenvalue weighted by atomic mass is 10.3. The van der Waals surface area contributed by atoms with E-state index < -0.39 is 9.84 Å². The molecule has 2 N–H and O–H groups in total. The summed E-state index contributed by atoms with van der Waals surface area (Å²) in [7, 11) is -3.49. The van der Waals surface area contributed by atoms with Crippen LogP contribution in [0.25, 0.3) is 0 Å². The normalized spacial score (nSPS) is 11.7. The number of benzene rings is 1. The highest BCUT2D eigenvalue weighted by atomic mass is 79.9. The van der Waals surface area contributed by atoms with E-state index >= 15 is 0 Å². The first-order valence-electron chi connectivity index (χ1n) is 5.58. The van der Waals surface area contributed by atoms with Crippen molar-refractivity contribution in [3.63, 3.8) is 0 Å². The van der Waals surface area contributed by atoms with Crippen LogP contribution in [0.4, 0.5) is 5.69 Å². The van der Waals surface area contributed by atoms with E-state index in [1.807, 2.05) is 6.92 Å². The first kappa shape index (κ1) is 14.0. The van der Waals surface area contributed by atoms with Crippen molar-refractivity contribution in [2.45, 2.75) is 24.1 Å². The zero-order valence-corrected chi connectivity index (χ0v) is 12.6. The van der Waals surface area contributed by atoms with E-state index in [4.69, 9.17) is 5.73 Å². The van der Waals surface area contributed by atoms with E-state index in [1.54, 1.807) is 16.8 Å². The van der Waals surface area contributed by atoms with Crippen molar-refractivity contribution >= 4 is 31.5 Å². The molecule has 2 rings (SSSR count). The summed E-state index contributed by atoms with van der Waals surface area (Å²) in [6.45, 7) is 2.46. The van der Waals surface area contributed by atoms with Crippen molar-refractivity contribution in [2.24, 2.45) is 0 Å². The molecule has 0 unspecified atom stereocenters. The fourth-order valence-corrected chi connectivity index (χ4v) is 4.17. The molecule has 0 aliphatic rings. The molecule has 2 aromatic rings. The lowest BCUT2D eigenvalue weighted by Gasteiger charge is -2.07. The third-order valence-corrected chi connectivity index (χ3v) is 5.19. The minimum atomic E-state index is -3.49. The zero-order chi connectivity index (χ0) is 14.0. The number of rotatable bonds is 4.